The highest BCUT2D eigenvalue weighted by Crippen LogP contribution is 2.38. The molecule has 2 aliphatic heterocycles. The number of rotatable bonds is 3. The second kappa shape index (κ2) is 5.42. The van der Waals surface area contributed by atoms with Crippen LogP contribution in [0.2, 0.25) is 0 Å². The third kappa shape index (κ3) is 2.23. The molecule has 0 aromatic heterocycles. The van der Waals surface area contributed by atoms with Crippen molar-refractivity contribution in [1.29, 1.82) is 0 Å². The maximum Gasteiger partial charge on any atom is 0.335 e. The van der Waals surface area contributed by atoms with Crippen molar-refractivity contribution in [3.63, 3.8) is 0 Å². The Morgan fingerprint density at radius 3 is 2.32 bits per heavy atom. The fourth-order valence-corrected chi connectivity index (χ4v) is 3.20. The molecular weight excluding hydrogens is 288 g/mol. The van der Waals surface area contributed by atoms with Crippen LogP contribution in [0, 0.1) is 5.92 Å². The first-order chi connectivity index (χ1) is 10.5. The standard InChI is InChI=1S/C15H16N2O5/c18-12(19)9-1-3-10(4-2-9)15(11-5-7-22-8-6-11)13(20)16-14(21)17-15/h1-4,11H,5-8H2,(H,18,19)(H2,16,17,20,21). The molecule has 2 fully saturated rings. The van der Waals surface area contributed by atoms with Gasteiger partial charge in [-0.05, 0) is 36.5 Å². The van der Waals surface area contributed by atoms with Gasteiger partial charge in [-0.15, -0.1) is 0 Å². The van der Waals surface area contributed by atoms with E-state index in [0.717, 1.165) is 0 Å². The van der Waals surface area contributed by atoms with Crippen LogP contribution in [0.25, 0.3) is 0 Å². The van der Waals surface area contributed by atoms with Gasteiger partial charge >= 0.3 is 12.0 Å². The molecule has 0 saturated carbocycles. The molecule has 1 atom stereocenters. The number of carbonyl (C=O) groups is 3. The van der Waals surface area contributed by atoms with Crippen LogP contribution in [0.15, 0.2) is 24.3 Å². The number of carboxylic acid groups (broad SMARTS) is 1. The van der Waals surface area contributed by atoms with Gasteiger partial charge in [0, 0.05) is 13.2 Å². The summed E-state index contributed by atoms with van der Waals surface area (Å²) in [6.07, 6.45) is 1.29. The fourth-order valence-electron chi connectivity index (χ4n) is 3.20. The lowest BCUT2D eigenvalue weighted by Gasteiger charge is -2.37. The number of carboxylic acids is 1. The van der Waals surface area contributed by atoms with Gasteiger partial charge in [-0.25, -0.2) is 9.59 Å². The zero-order chi connectivity index (χ0) is 15.7. The second-order valence-corrected chi connectivity index (χ2v) is 5.49. The summed E-state index contributed by atoms with van der Waals surface area (Å²) in [4.78, 5) is 35.1. The Bertz CT molecular complexity index is 621. The summed E-state index contributed by atoms with van der Waals surface area (Å²) in [6.45, 7) is 1.06. The van der Waals surface area contributed by atoms with E-state index in [0.29, 0.717) is 31.6 Å². The topological polar surface area (TPSA) is 105 Å². The van der Waals surface area contributed by atoms with E-state index >= 15 is 0 Å². The van der Waals surface area contributed by atoms with E-state index in [1.165, 1.54) is 12.1 Å². The zero-order valence-electron chi connectivity index (χ0n) is 11.8. The van der Waals surface area contributed by atoms with Gasteiger partial charge in [-0.1, -0.05) is 12.1 Å². The van der Waals surface area contributed by atoms with E-state index in [2.05, 4.69) is 10.6 Å². The molecular formula is C15H16N2O5. The Balaban J connectivity index is 2.03. The van der Waals surface area contributed by atoms with Crippen molar-refractivity contribution < 1.29 is 24.2 Å². The summed E-state index contributed by atoms with van der Waals surface area (Å²) >= 11 is 0. The van der Waals surface area contributed by atoms with E-state index in [-0.39, 0.29) is 11.5 Å². The molecule has 116 valence electrons. The molecule has 0 aliphatic carbocycles. The maximum atomic E-state index is 12.5. The van der Waals surface area contributed by atoms with Crippen LogP contribution >= 0.6 is 0 Å². The van der Waals surface area contributed by atoms with Crippen molar-refractivity contribution in [1.82, 2.24) is 10.6 Å². The molecule has 0 radical (unpaired) electrons. The Hall–Kier alpha value is -2.41. The largest absolute Gasteiger partial charge is 0.478 e. The lowest BCUT2D eigenvalue weighted by Crippen LogP contribution is -2.51. The van der Waals surface area contributed by atoms with Crippen LogP contribution in [0.5, 0.6) is 0 Å². The van der Waals surface area contributed by atoms with Gasteiger partial charge in [-0.3, -0.25) is 10.1 Å². The first kappa shape index (κ1) is 14.5. The van der Waals surface area contributed by atoms with Crippen molar-refractivity contribution in [2.75, 3.05) is 13.2 Å². The number of imide groups is 1. The summed E-state index contributed by atoms with van der Waals surface area (Å²) in [5.41, 5.74) is -0.430. The predicted molar refractivity (Wildman–Crippen MR) is 75.3 cm³/mol. The molecule has 2 saturated heterocycles. The number of nitrogens with one attached hydrogen (secondary N) is 2. The van der Waals surface area contributed by atoms with E-state index in [9.17, 15) is 14.4 Å². The van der Waals surface area contributed by atoms with Gasteiger partial charge in [-0.2, -0.15) is 0 Å². The van der Waals surface area contributed by atoms with E-state index < -0.39 is 23.4 Å². The SMILES string of the molecule is O=C1NC(=O)C(c2ccc(C(=O)O)cc2)(C2CCOCC2)N1. The Morgan fingerprint density at radius 2 is 1.82 bits per heavy atom. The number of amides is 3. The molecule has 22 heavy (non-hydrogen) atoms. The predicted octanol–water partition coefficient (Wildman–Crippen LogP) is 0.846. The molecule has 3 rings (SSSR count). The minimum absolute atomic E-state index is 0.0941. The first-order valence-electron chi connectivity index (χ1n) is 7.09. The van der Waals surface area contributed by atoms with E-state index in [1.807, 2.05) is 0 Å². The third-order valence-electron chi connectivity index (χ3n) is 4.32. The van der Waals surface area contributed by atoms with Crippen LogP contribution < -0.4 is 10.6 Å². The van der Waals surface area contributed by atoms with Crippen LogP contribution in [-0.4, -0.2) is 36.2 Å². The first-order valence-corrected chi connectivity index (χ1v) is 7.09. The lowest BCUT2D eigenvalue weighted by molar-refractivity contribution is -0.127. The molecule has 1 aromatic rings. The molecule has 1 aromatic carbocycles. The number of urea groups is 1. The van der Waals surface area contributed by atoms with Crippen molar-refractivity contribution in [2.45, 2.75) is 18.4 Å². The van der Waals surface area contributed by atoms with E-state index in [4.69, 9.17) is 9.84 Å². The van der Waals surface area contributed by atoms with Gasteiger partial charge in [0.25, 0.3) is 5.91 Å². The van der Waals surface area contributed by atoms with Gasteiger partial charge in [0.05, 0.1) is 5.56 Å². The smallest absolute Gasteiger partial charge is 0.335 e. The third-order valence-corrected chi connectivity index (χ3v) is 4.32. The number of aromatic carboxylic acids is 1. The Kier molecular flexibility index (Phi) is 3.58. The van der Waals surface area contributed by atoms with Gasteiger partial charge in [0.2, 0.25) is 0 Å². The van der Waals surface area contributed by atoms with Crippen LogP contribution in [0.1, 0.15) is 28.8 Å². The summed E-state index contributed by atoms with van der Waals surface area (Å²) in [5.74, 6) is -1.53. The average Bonchev–Trinajstić information content (AvgIpc) is 2.84. The highest BCUT2D eigenvalue weighted by molar-refractivity contribution is 6.07. The summed E-state index contributed by atoms with van der Waals surface area (Å²) in [5, 5.41) is 14.0. The van der Waals surface area contributed by atoms with Crippen molar-refractivity contribution in [2.24, 2.45) is 5.92 Å². The molecule has 1 unspecified atom stereocenters. The van der Waals surface area contributed by atoms with Crippen LogP contribution in [-0.2, 0) is 15.1 Å². The molecule has 7 nitrogen and oxygen atoms in total. The molecule has 7 heteroatoms. The van der Waals surface area contributed by atoms with Crippen molar-refractivity contribution >= 4 is 17.9 Å². The Morgan fingerprint density at radius 1 is 1.18 bits per heavy atom. The normalized spacial score (nSPS) is 25.6. The zero-order valence-corrected chi connectivity index (χ0v) is 11.8. The van der Waals surface area contributed by atoms with E-state index in [1.54, 1.807) is 12.1 Å². The molecule has 3 amide bonds. The number of carbonyl (C=O) groups excluding carboxylic acids is 2. The summed E-state index contributed by atoms with van der Waals surface area (Å²) < 4.78 is 5.33. The maximum absolute atomic E-state index is 12.5. The minimum Gasteiger partial charge on any atom is -0.478 e. The molecule has 2 heterocycles. The van der Waals surface area contributed by atoms with Gasteiger partial charge in [0.1, 0.15) is 5.54 Å². The Labute approximate surface area is 126 Å². The lowest BCUT2D eigenvalue weighted by atomic mass is 9.74. The fraction of sp³-hybridized carbons (Fsp3) is 0.400. The number of hydrogen-bond donors (Lipinski definition) is 3. The summed E-state index contributed by atoms with van der Waals surface area (Å²) in [7, 11) is 0. The summed E-state index contributed by atoms with van der Waals surface area (Å²) in [6, 6.07) is 5.53. The average molecular weight is 304 g/mol. The van der Waals surface area contributed by atoms with Crippen molar-refractivity contribution in [3.05, 3.63) is 35.4 Å². The van der Waals surface area contributed by atoms with Gasteiger partial charge in [0.15, 0.2) is 0 Å². The highest BCUT2D eigenvalue weighted by Gasteiger charge is 2.53. The number of ether oxygens (including phenoxy) is 1. The van der Waals surface area contributed by atoms with Crippen LogP contribution in [0.4, 0.5) is 4.79 Å². The monoisotopic (exact) mass is 304 g/mol. The number of benzene rings is 1. The quantitative estimate of drug-likeness (QED) is 0.718. The highest BCUT2D eigenvalue weighted by atomic mass is 16.5. The molecule has 2 aliphatic rings. The van der Waals surface area contributed by atoms with Crippen molar-refractivity contribution in [3.8, 4) is 0 Å². The minimum atomic E-state index is -1.15. The molecule has 3 N–H and O–H groups in total. The van der Waals surface area contributed by atoms with Gasteiger partial charge < -0.3 is 15.2 Å². The number of hydrogen-bond acceptors (Lipinski definition) is 4. The second-order valence-electron chi connectivity index (χ2n) is 5.49. The molecule has 0 bridgehead atoms. The molecule has 0 spiro atoms. The van der Waals surface area contributed by atoms with Crippen LogP contribution in [0.3, 0.4) is 0 Å².